The molecular formula is C69H116N26O15S2. The van der Waals surface area contributed by atoms with E-state index in [2.05, 4.69) is 78.5 Å². The van der Waals surface area contributed by atoms with Crippen LogP contribution in [0, 0.1) is 17.8 Å². The maximum absolute atomic E-state index is 15.4. The summed E-state index contributed by atoms with van der Waals surface area (Å²) in [5.41, 5.74) is 58.3. The van der Waals surface area contributed by atoms with Crippen LogP contribution in [0.15, 0.2) is 44.2 Å². The first-order chi connectivity index (χ1) is 53.1. The largest absolute Gasteiger partial charge is 0.481 e. The molecule has 1 aromatic rings. The van der Waals surface area contributed by atoms with Crippen LogP contribution >= 0.6 is 21.6 Å². The Morgan fingerprint density at radius 2 is 1.04 bits per heavy atom. The predicted molar refractivity (Wildman–Crippen MR) is 422 cm³/mol. The van der Waals surface area contributed by atoms with Crippen molar-refractivity contribution >= 4 is 128 Å². The number of nitrogens with one attached hydrogen (secondary N) is 11. The molecule has 112 heavy (non-hydrogen) atoms. The summed E-state index contributed by atoms with van der Waals surface area (Å²) < 4.78 is 0. The minimum absolute atomic E-state index is 0.00505. The number of carbonyl (C=O) groups excluding carboxylic acids is 13. The van der Waals surface area contributed by atoms with Crippen LogP contribution in [-0.2, 0) is 80.1 Å². The highest BCUT2D eigenvalue weighted by Crippen LogP contribution is 2.34. The third kappa shape index (κ3) is 33.6. The molecule has 0 radical (unpaired) electrons. The summed E-state index contributed by atoms with van der Waals surface area (Å²) >= 11 is 0. The van der Waals surface area contributed by atoms with Gasteiger partial charge in [-0.15, -0.1) is 0 Å². The van der Waals surface area contributed by atoms with Crippen molar-refractivity contribution in [3.63, 3.8) is 0 Å². The molecule has 13 unspecified atom stereocenters. The molecule has 0 bridgehead atoms. The second-order valence-corrected chi connectivity index (χ2v) is 30.5. The summed E-state index contributed by atoms with van der Waals surface area (Å²) in [5, 5.41) is 37.6. The topological polar surface area (TPSA) is 704 Å². The monoisotopic (exact) mass is 1610 g/mol. The lowest BCUT2D eigenvalue weighted by Gasteiger charge is -2.39. The van der Waals surface area contributed by atoms with E-state index in [0.29, 0.717) is 24.0 Å². The third-order valence-electron chi connectivity index (χ3n) is 19.1. The van der Waals surface area contributed by atoms with Crippen molar-refractivity contribution < 1.29 is 72.2 Å². The summed E-state index contributed by atoms with van der Waals surface area (Å²) in [6, 6.07) is -7.93. The van der Waals surface area contributed by atoms with Crippen LogP contribution in [0.5, 0.6) is 0 Å². The van der Waals surface area contributed by atoms with Crippen molar-refractivity contribution in [2.45, 2.75) is 215 Å². The molecule has 1 saturated carbocycles. The van der Waals surface area contributed by atoms with Gasteiger partial charge in [0.05, 0.1) is 32.1 Å². The van der Waals surface area contributed by atoms with Crippen molar-refractivity contribution in [2.75, 3.05) is 51.6 Å². The Morgan fingerprint density at radius 3 is 1.62 bits per heavy atom. The van der Waals surface area contributed by atoms with Gasteiger partial charge in [0.15, 0.2) is 23.8 Å². The lowest BCUT2D eigenvalue weighted by molar-refractivity contribution is -0.146. The number of amides is 13. The van der Waals surface area contributed by atoms with Gasteiger partial charge in [0.1, 0.15) is 54.4 Å². The van der Waals surface area contributed by atoms with Crippen LogP contribution in [0.1, 0.15) is 148 Å². The van der Waals surface area contributed by atoms with Crippen LogP contribution < -0.4 is 116 Å². The molecule has 13 atom stereocenters. The number of rotatable bonds is 27. The molecule has 0 aromatic heterocycles. The second-order valence-electron chi connectivity index (χ2n) is 27.9. The second kappa shape index (κ2) is 49.0. The van der Waals surface area contributed by atoms with Crippen molar-refractivity contribution in [1.29, 1.82) is 0 Å². The number of primary amides is 1. The summed E-state index contributed by atoms with van der Waals surface area (Å²) in [7, 11) is 1.95. The first-order valence-corrected chi connectivity index (χ1v) is 39.9. The molecule has 624 valence electrons. The van der Waals surface area contributed by atoms with Crippen molar-refractivity contribution in [3.05, 3.63) is 35.4 Å². The van der Waals surface area contributed by atoms with Gasteiger partial charge in [0, 0.05) is 50.1 Å². The van der Waals surface area contributed by atoms with E-state index in [0.717, 1.165) is 40.9 Å². The number of aliphatic imine (C=N–C) groups is 4. The van der Waals surface area contributed by atoms with Crippen LogP contribution in [0.3, 0.4) is 0 Å². The van der Waals surface area contributed by atoms with E-state index in [9.17, 15) is 67.4 Å². The molecule has 1 aliphatic carbocycles. The normalized spacial score (nSPS) is 24.0. The lowest BCUT2D eigenvalue weighted by Crippen LogP contribution is -2.62. The molecule has 0 spiro atoms. The zero-order valence-corrected chi connectivity index (χ0v) is 65.6. The maximum atomic E-state index is 15.4. The van der Waals surface area contributed by atoms with E-state index in [4.69, 9.17) is 57.3 Å². The van der Waals surface area contributed by atoms with E-state index in [1.807, 2.05) is 0 Å². The number of benzene rings is 1. The van der Waals surface area contributed by atoms with Crippen LogP contribution in [-0.4, -0.2) is 234 Å². The fourth-order valence-electron chi connectivity index (χ4n) is 12.5. The van der Waals surface area contributed by atoms with Gasteiger partial charge in [0.2, 0.25) is 76.8 Å². The standard InChI is InChI=1S/C69H116N26O15S2/c1-5-36(3)53-64(109)90-45(30-52(99)100)61(106)88-43(22-14-26-82-68(76)77)60(105)94-54(37(4)6-2)65(110)95-34-40-19-11-10-18-39(40)29-47(95)63(108)86-33-51(98)92-55(56(71)101)48(23-15-27-83-69(78)79)112-111-35-46(91-57(102)41(70)20-12-24-80-66(72)73)62(107)89-44(28-38-16-8-7-9-17-38)58(103)85-31-49(96)84-32-50(97)87-42(59(104)93-53)21-13-25-81-67(74)75/h10-11,18-19,36-38,41-48,53-55H,5-9,12-17,20-35,70H2,1-4H3,(H2,71,101)(H,84,96)(H,85,103)(H,86,108)(H,87,97)(H,88,106)(H,89,107)(H,90,109)(H,91,102)(H,92,98)(H,93,104)(H,94,105)(H,99,100)(H4,72,73,80)(H4,74,75,81)(H4,76,77,82)(H4,78,79,83). The lowest BCUT2D eigenvalue weighted by atomic mass is 9.84. The van der Waals surface area contributed by atoms with E-state index >= 15 is 4.79 Å². The Bertz CT molecular complexity index is 3510. The Labute approximate surface area is 658 Å². The van der Waals surface area contributed by atoms with Gasteiger partial charge in [-0.25, -0.2) is 0 Å². The number of fused-ring (bicyclic) bond motifs is 2. The summed E-state index contributed by atoms with van der Waals surface area (Å²) in [5.74, 6) is -16.5. The molecular weight excluding hydrogens is 1500 g/mol. The van der Waals surface area contributed by atoms with Crippen molar-refractivity contribution in [3.8, 4) is 0 Å². The van der Waals surface area contributed by atoms with Gasteiger partial charge < -0.3 is 126 Å². The summed E-state index contributed by atoms with van der Waals surface area (Å²) in [6.45, 7) is 4.20. The van der Waals surface area contributed by atoms with Crippen LogP contribution in [0.25, 0.3) is 0 Å². The zero-order valence-electron chi connectivity index (χ0n) is 64.0. The number of nitrogens with zero attached hydrogens (tertiary/aromatic N) is 5. The van der Waals surface area contributed by atoms with E-state index < -0.39 is 186 Å². The molecule has 41 nitrogen and oxygen atoms in total. The molecule has 13 amide bonds. The van der Waals surface area contributed by atoms with Gasteiger partial charge in [-0.3, -0.25) is 87.1 Å². The summed E-state index contributed by atoms with van der Waals surface area (Å²) in [6.07, 6.45) is 3.57. The number of aliphatic carboxylic acids is 1. The summed E-state index contributed by atoms with van der Waals surface area (Å²) in [4.78, 5) is 216. The van der Waals surface area contributed by atoms with E-state index in [1.54, 1.807) is 52.0 Å². The molecule has 2 heterocycles. The Hall–Kier alpha value is -10.5. The third-order valence-corrected chi connectivity index (χ3v) is 22.0. The smallest absolute Gasteiger partial charge is 0.305 e. The van der Waals surface area contributed by atoms with Gasteiger partial charge in [-0.2, -0.15) is 0 Å². The molecule has 4 rings (SSSR count). The minimum Gasteiger partial charge on any atom is -0.481 e. The van der Waals surface area contributed by atoms with Gasteiger partial charge in [0.25, 0.3) is 0 Å². The molecule has 32 N–H and O–H groups in total. The number of carbonyl (C=O) groups is 14. The minimum atomic E-state index is -1.95. The number of hydrogen-bond donors (Lipinski definition) is 22. The zero-order chi connectivity index (χ0) is 83.1. The van der Waals surface area contributed by atoms with E-state index in [1.165, 1.54) is 4.90 Å². The predicted octanol–water partition coefficient (Wildman–Crippen LogP) is -6.51. The number of guanidine groups is 4. The molecule has 2 aliphatic heterocycles. The maximum Gasteiger partial charge on any atom is 0.305 e. The number of hydrogen-bond acceptors (Lipinski definition) is 21. The Balaban J connectivity index is 1.88. The highest BCUT2D eigenvalue weighted by Gasteiger charge is 2.42. The highest BCUT2D eigenvalue weighted by atomic mass is 33.1. The van der Waals surface area contributed by atoms with Crippen LogP contribution in [0.2, 0.25) is 0 Å². The molecule has 1 saturated heterocycles. The molecule has 3 aliphatic rings. The Morgan fingerprint density at radius 1 is 0.554 bits per heavy atom. The fourth-order valence-corrected chi connectivity index (χ4v) is 15.5. The van der Waals surface area contributed by atoms with Crippen LogP contribution in [0.4, 0.5) is 0 Å². The average molecular weight is 1610 g/mol. The molecule has 1 aromatic carbocycles. The van der Waals surface area contributed by atoms with Gasteiger partial charge in [-0.1, -0.05) is 118 Å². The first kappa shape index (κ1) is 93.9. The van der Waals surface area contributed by atoms with Crippen molar-refractivity contribution in [2.24, 2.45) is 95.1 Å². The molecule has 43 heteroatoms. The highest BCUT2D eigenvalue weighted by molar-refractivity contribution is 8.77. The Kier molecular flexibility index (Phi) is 41.1. The number of carboxylic acid groups (broad SMARTS) is 1. The van der Waals surface area contributed by atoms with Gasteiger partial charge >= 0.3 is 5.97 Å². The first-order valence-electron chi connectivity index (χ1n) is 37.5. The van der Waals surface area contributed by atoms with Crippen molar-refractivity contribution in [1.82, 2.24) is 63.4 Å². The van der Waals surface area contributed by atoms with Gasteiger partial charge in [-0.05, 0) is 86.7 Å². The fraction of sp³-hybridized carbons (Fsp3) is 0.652. The molecule has 2 fully saturated rings. The number of carboxylic acids is 1. The SMILES string of the molecule is CCC(C)C1NC(=O)C(CCCN=C(N)N)NC(=O)CNC(=O)CNC(=O)C(CC2CCCCC2)NC(=O)C(NC(=O)C(N)CCCN=C(N)N)CSSC(CCCN=C(N)N)C(C(N)=O)NC(=O)CNC(=O)C2Cc3ccccc3CN2C(=O)C(C(C)CC)NC(=O)C(CCCN=C(N)N)NC(=O)C(CC(=O)O)NC1=O. The number of nitrogens with two attached hydrogens (primary N) is 10. The average Bonchev–Trinajstić information content (AvgIpc) is 0.782. The van der Waals surface area contributed by atoms with E-state index in [-0.39, 0.29) is 145 Å². The quantitative estimate of drug-likeness (QED) is 0.0169.